The third kappa shape index (κ3) is 3.60. The lowest BCUT2D eigenvalue weighted by Gasteiger charge is -2.07. The Kier molecular flexibility index (Phi) is 4.81. The molecule has 0 aliphatic carbocycles. The maximum absolute atomic E-state index is 12.6. The highest BCUT2D eigenvalue weighted by Crippen LogP contribution is 2.35. The molecule has 0 unspecified atom stereocenters. The van der Waals surface area contributed by atoms with Crippen molar-refractivity contribution in [1.29, 1.82) is 0 Å². The topological polar surface area (TPSA) is 35.5 Å². The van der Waals surface area contributed by atoms with Crippen LogP contribution in [-0.2, 0) is 6.61 Å². The van der Waals surface area contributed by atoms with Crippen LogP contribution in [-0.4, -0.2) is 5.78 Å². The highest BCUT2D eigenvalue weighted by Gasteiger charge is 2.27. The summed E-state index contributed by atoms with van der Waals surface area (Å²) in [6, 6.07) is 21.2. The fourth-order valence-corrected chi connectivity index (χ4v) is 3.06. The van der Waals surface area contributed by atoms with E-state index in [1.54, 1.807) is 24.3 Å². The Labute approximate surface area is 164 Å². The number of rotatable bonds is 5. The van der Waals surface area contributed by atoms with Gasteiger partial charge in [-0.05, 0) is 47.4 Å². The Bertz CT molecular complexity index is 1080. The summed E-state index contributed by atoms with van der Waals surface area (Å²) in [5, 5.41) is 0. The van der Waals surface area contributed by atoms with Gasteiger partial charge in [0.15, 0.2) is 5.76 Å². The number of ketones is 1. The minimum absolute atomic E-state index is 0.107. The Morgan fingerprint density at radius 2 is 1.82 bits per heavy atom. The van der Waals surface area contributed by atoms with Gasteiger partial charge in [0.1, 0.15) is 18.1 Å². The normalized spacial score (nSPS) is 13.9. The summed E-state index contributed by atoms with van der Waals surface area (Å²) >= 11 is 0. The molecule has 1 aliphatic rings. The Morgan fingerprint density at radius 3 is 2.57 bits per heavy atom. The maximum Gasteiger partial charge on any atom is 0.231 e. The zero-order valence-corrected chi connectivity index (χ0v) is 15.6. The summed E-state index contributed by atoms with van der Waals surface area (Å²) < 4.78 is 11.7. The van der Waals surface area contributed by atoms with E-state index in [0.29, 0.717) is 29.4 Å². The first-order chi connectivity index (χ1) is 13.6. The Hall–Kier alpha value is -3.59. The second-order valence-electron chi connectivity index (χ2n) is 6.69. The number of carbonyl (C=O) groups excluding carboxylic acids is 1. The summed E-state index contributed by atoms with van der Waals surface area (Å²) in [5.74, 6) is 1.42. The molecule has 0 saturated heterocycles. The van der Waals surface area contributed by atoms with Crippen LogP contribution in [0.25, 0.3) is 12.2 Å². The van der Waals surface area contributed by atoms with Crippen LogP contribution in [0.2, 0.25) is 0 Å². The summed E-state index contributed by atoms with van der Waals surface area (Å²) in [7, 11) is 0. The van der Waals surface area contributed by atoms with Gasteiger partial charge in [0.05, 0.1) is 5.56 Å². The predicted octanol–water partition coefficient (Wildman–Crippen LogP) is 5.83. The molecule has 4 rings (SSSR count). The van der Waals surface area contributed by atoms with E-state index in [1.165, 1.54) is 0 Å². The van der Waals surface area contributed by atoms with Crippen molar-refractivity contribution in [2.24, 2.45) is 0 Å². The van der Waals surface area contributed by atoms with Gasteiger partial charge in [-0.25, -0.2) is 0 Å². The van der Waals surface area contributed by atoms with Crippen molar-refractivity contribution in [3.05, 3.63) is 107 Å². The van der Waals surface area contributed by atoms with E-state index in [0.717, 1.165) is 22.3 Å². The van der Waals surface area contributed by atoms with Crippen LogP contribution in [0.4, 0.5) is 0 Å². The lowest BCUT2D eigenvalue weighted by atomic mass is 10.1. The van der Waals surface area contributed by atoms with Crippen molar-refractivity contribution < 1.29 is 14.3 Å². The number of hydrogen-bond acceptors (Lipinski definition) is 3. The number of hydrogen-bond donors (Lipinski definition) is 0. The molecule has 28 heavy (non-hydrogen) atoms. The molecule has 138 valence electrons. The molecular formula is C25H20O3. The van der Waals surface area contributed by atoms with Crippen molar-refractivity contribution in [2.75, 3.05) is 0 Å². The van der Waals surface area contributed by atoms with Crippen molar-refractivity contribution >= 4 is 17.9 Å². The zero-order chi connectivity index (χ0) is 19.5. The molecule has 0 aromatic heterocycles. The van der Waals surface area contributed by atoms with Crippen LogP contribution < -0.4 is 9.47 Å². The third-order valence-corrected chi connectivity index (χ3v) is 4.74. The molecule has 3 nitrogen and oxygen atoms in total. The minimum atomic E-state index is -0.107. The first kappa shape index (κ1) is 17.8. The average molecular weight is 368 g/mol. The van der Waals surface area contributed by atoms with Crippen LogP contribution in [0, 0.1) is 6.92 Å². The van der Waals surface area contributed by atoms with Crippen molar-refractivity contribution in [1.82, 2.24) is 0 Å². The first-order valence-corrected chi connectivity index (χ1v) is 9.12. The molecule has 0 amide bonds. The average Bonchev–Trinajstić information content (AvgIpc) is 3.03. The predicted molar refractivity (Wildman–Crippen MR) is 111 cm³/mol. The number of aryl methyl sites for hydroxylation is 1. The molecule has 3 aromatic carbocycles. The first-order valence-electron chi connectivity index (χ1n) is 9.12. The smallest absolute Gasteiger partial charge is 0.231 e. The van der Waals surface area contributed by atoms with Gasteiger partial charge in [-0.2, -0.15) is 0 Å². The molecule has 0 fully saturated rings. The van der Waals surface area contributed by atoms with Crippen molar-refractivity contribution in [3.63, 3.8) is 0 Å². The van der Waals surface area contributed by atoms with Crippen LogP contribution in [0.3, 0.4) is 0 Å². The van der Waals surface area contributed by atoms with Crippen molar-refractivity contribution in [3.8, 4) is 11.5 Å². The van der Waals surface area contributed by atoms with E-state index in [-0.39, 0.29) is 5.78 Å². The zero-order valence-electron chi connectivity index (χ0n) is 15.6. The largest absolute Gasteiger partial charge is 0.489 e. The van der Waals surface area contributed by atoms with Gasteiger partial charge in [0.2, 0.25) is 5.78 Å². The van der Waals surface area contributed by atoms with Crippen LogP contribution in [0.15, 0.2) is 79.1 Å². The second kappa shape index (κ2) is 7.57. The second-order valence-corrected chi connectivity index (χ2v) is 6.69. The van der Waals surface area contributed by atoms with Crippen LogP contribution >= 0.6 is 0 Å². The van der Waals surface area contributed by atoms with Crippen LogP contribution in [0.1, 0.15) is 32.6 Å². The SMILES string of the molecule is C=Cc1ccc(COc2ccc3c(c2)O/C(=C\c2ccccc2C)C3=O)cc1. The van der Waals surface area contributed by atoms with Gasteiger partial charge in [0.25, 0.3) is 0 Å². The standard InChI is InChI=1S/C25H20O3/c1-3-18-8-10-19(11-9-18)16-27-21-12-13-22-23(15-21)28-24(25(22)26)14-20-7-5-4-6-17(20)2/h3-15H,1,16H2,2H3/b24-14-. The third-order valence-electron chi connectivity index (χ3n) is 4.74. The highest BCUT2D eigenvalue weighted by atomic mass is 16.5. The number of carbonyl (C=O) groups is 1. The van der Waals surface area contributed by atoms with Gasteiger partial charge >= 0.3 is 0 Å². The summed E-state index contributed by atoms with van der Waals surface area (Å²) in [5.41, 5.74) is 4.75. The van der Waals surface area contributed by atoms with E-state index >= 15 is 0 Å². The van der Waals surface area contributed by atoms with Gasteiger partial charge in [-0.3, -0.25) is 4.79 Å². The molecule has 0 atom stereocenters. The Morgan fingerprint density at radius 1 is 1.04 bits per heavy atom. The van der Waals surface area contributed by atoms with Gasteiger partial charge < -0.3 is 9.47 Å². The lowest BCUT2D eigenvalue weighted by molar-refractivity contribution is 0.101. The van der Waals surface area contributed by atoms with Gasteiger partial charge in [-0.15, -0.1) is 0 Å². The number of ether oxygens (including phenoxy) is 2. The fourth-order valence-electron chi connectivity index (χ4n) is 3.06. The molecule has 0 radical (unpaired) electrons. The van der Waals surface area contributed by atoms with E-state index in [4.69, 9.17) is 9.47 Å². The summed E-state index contributed by atoms with van der Waals surface area (Å²) in [4.78, 5) is 12.6. The van der Waals surface area contributed by atoms with Gasteiger partial charge in [0, 0.05) is 6.07 Å². The quantitative estimate of drug-likeness (QED) is 0.531. The van der Waals surface area contributed by atoms with Gasteiger partial charge in [-0.1, -0.05) is 61.2 Å². The molecule has 0 bridgehead atoms. The van der Waals surface area contributed by atoms with E-state index in [1.807, 2.05) is 61.5 Å². The molecule has 3 aromatic rings. The minimum Gasteiger partial charge on any atom is -0.489 e. The molecular weight excluding hydrogens is 348 g/mol. The number of fused-ring (bicyclic) bond motifs is 1. The fraction of sp³-hybridized carbons (Fsp3) is 0.0800. The maximum atomic E-state index is 12.6. The molecule has 1 heterocycles. The van der Waals surface area contributed by atoms with E-state index in [2.05, 4.69) is 6.58 Å². The van der Waals surface area contributed by atoms with Crippen LogP contribution in [0.5, 0.6) is 11.5 Å². The molecule has 1 aliphatic heterocycles. The molecule has 3 heteroatoms. The number of Topliss-reactive ketones (excluding diaryl/α,β-unsaturated/α-hetero) is 1. The monoisotopic (exact) mass is 368 g/mol. The highest BCUT2D eigenvalue weighted by molar-refractivity contribution is 6.14. The Balaban J connectivity index is 1.50. The summed E-state index contributed by atoms with van der Waals surface area (Å²) in [6.45, 7) is 6.20. The summed E-state index contributed by atoms with van der Waals surface area (Å²) in [6.07, 6.45) is 3.60. The lowest BCUT2D eigenvalue weighted by Crippen LogP contribution is -1.98. The van der Waals surface area contributed by atoms with E-state index in [9.17, 15) is 4.79 Å². The van der Waals surface area contributed by atoms with Crippen molar-refractivity contribution in [2.45, 2.75) is 13.5 Å². The van der Waals surface area contributed by atoms with E-state index < -0.39 is 0 Å². The molecule has 0 N–H and O–H groups in total. The number of allylic oxidation sites excluding steroid dienone is 1. The molecule has 0 spiro atoms. The number of benzene rings is 3. The molecule has 0 saturated carbocycles.